The number of aliphatic hydroxyl groups excluding tert-OH is 1. The molecule has 1 aliphatic heterocycles. The Hall–Kier alpha value is -2.21. The average molecular weight is 316 g/mol. The number of carbonyl (C=O) groups excluding carboxylic acids is 3. The molecule has 1 unspecified atom stereocenters. The zero-order chi connectivity index (χ0) is 16.4. The molecule has 1 saturated carbocycles. The fraction of sp³-hybridized carbons (Fsp3) is 0.471. The third-order valence-corrected chi connectivity index (χ3v) is 4.67. The van der Waals surface area contributed by atoms with E-state index in [0.29, 0.717) is 24.9 Å². The molecule has 1 saturated heterocycles. The molecular formula is C17H20N2O4. The van der Waals surface area contributed by atoms with Gasteiger partial charge < -0.3 is 5.11 Å². The molecule has 0 spiro atoms. The Kier molecular flexibility index (Phi) is 4.43. The number of urea groups is 1. The van der Waals surface area contributed by atoms with E-state index in [1.165, 1.54) is 0 Å². The summed E-state index contributed by atoms with van der Waals surface area (Å²) in [4.78, 5) is 37.9. The second kappa shape index (κ2) is 6.50. The molecule has 1 aromatic rings. The fourth-order valence-corrected chi connectivity index (χ4v) is 3.36. The van der Waals surface area contributed by atoms with Gasteiger partial charge in [0.2, 0.25) is 11.8 Å². The van der Waals surface area contributed by atoms with Gasteiger partial charge in [0.1, 0.15) is 5.92 Å². The maximum absolute atomic E-state index is 12.7. The second-order valence-electron chi connectivity index (χ2n) is 6.27. The van der Waals surface area contributed by atoms with Crippen LogP contribution in [0, 0.1) is 11.8 Å². The highest BCUT2D eigenvalue weighted by atomic mass is 16.3. The van der Waals surface area contributed by atoms with Crippen LogP contribution in [0.5, 0.6) is 0 Å². The number of para-hydroxylation sites is 1. The van der Waals surface area contributed by atoms with Crippen LogP contribution >= 0.6 is 0 Å². The summed E-state index contributed by atoms with van der Waals surface area (Å²) in [5, 5.41) is 11.8. The van der Waals surface area contributed by atoms with Gasteiger partial charge >= 0.3 is 6.03 Å². The lowest BCUT2D eigenvalue weighted by Crippen LogP contribution is -2.58. The molecule has 1 aromatic carbocycles. The van der Waals surface area contributed by atoms with E-state index in [0.717, 1.165) is 17.7 Å². The summed E-state index contributed by atoms with van der Waals surface area (Å²) in [5.41, 5.74) is 0.464. The van der Waals surface area contributed by atoms with Gasteiger partial charge in [-0.25, -0.2) is 9.69 Å². The molecule has 2 N–H and O–H groups in total. The van der Waals surface area contributed by atoms with Crippen molar-refractivity contribution in [2.75, 3.05) is 4.90 Å². The Morgan fingerprint density at radius 2 is 1.70 bits per heavy atom. The molecule has 3 rings (SSSR count). The van der Waals surface area contributed by atoms with Gasteiger partial charge in [-0.15, -0.1) is 0 Å². The van der Waals surface area contributed by atoms with Crippen molar-refractivity contribution < 1.29 is 19.5 Å². The highest BCUT2D eigenvalue weighted by Crippen LogP contribution is 2.32. The van der Waals surface area contributed by atoms with Crippen LogP contribution in [0.1, 0.15) is 32.1 Å². The lowest BCUT2D eigenvalue weighted by molar-refractivity contribution is -0.135. The summed E-state index contributed by atoms with van der Waals surface area (Å²) < 4.78 is 0. The Labute approximate surface area is 134 Å². The van der Waals surface area contributed by atoms with E-state index in [1.807, 2.05) is 0 Å². The molecule has 0 radical (unpaired) electrons. The first-order chi connectivity index (χ1) is 11.1. The minimum atomic E-state index is -0.840. The number of carbonyl (C=O) groups is 3. The number of amides is 4. The molecule has 0 bridgehead atoms. The zero-order valence-electron chi connectivity index (χ0n) is 12.8. The molecule has 4 amide bonds. The third-order valence-electron chi connectivity index (χ3n) is 4.67. The Balaban J connectivity index is 1.76. The molecule has 6 nitrogen and oxygen atoms in total. The maximum Gasteiger partial charge on any atom is 0.335 e. The summed E-state index contributed by atoms with van der Waals surface area (Å²) in [6.07, 6.45) is 3.16. The van der Waals surface area contributed by atoms with Gasteiger partial charge in [0.25, 0.3) is 0 Å². The van der Waals surface area contributed by atoms with E-state index in [4.69, 9.17) is 0 Å². The molecule has 2 fully saturated rings. The number of benzene rings is 1. The number of rotatable bonds is 3. The number of nitrogens with one attached hydrogen (secondary N) is 1. The van der Waals surface area contributed by atoms with Crippen LogP contribution in [0.2, 0.25) is 0 Å². The van der Waals surface area contributed by atoms with Gasteiger partial charge in [-0.1, -0.05) is 18.2 Å². The maximum atomic E-state index is 12.7. The molecule has 23 heavy (non-hydrogen) atoms. The molecule has 0 aromatic heterocycles. The van der Waals surface area contributed by atoms with E-state index >= 15 is 0 Å². The van der Waals surface area contributed by atoms with E-state index in [9.17, 15) is 19.5 Å². The van der Waals surface area contributed by atoms with Crippen LogP contribution in [0.3, 0.4) is 0 Å². The van der Waals surface area contributed by atoms with Crippen LogP contribution in [-0.2, 0) is 9.59 Å². The monoisotopic (exact) mass is 316 g/mol. The highest BCUT2D eigenvalue weighted by Gasteiger charge is 2.42. The molecule has 1 heterocycles. The van der Waals surface area contributed by atoms with E-state index in [2.05, 4.69) is 5.32 Å². The molecule has 1 atom stereocenters. The van der Waals surface area contributed by atoms with Gasteiger partial charge in [-0.05, 0) is 50.2 Å². The van der Waals surface area contributed by atoms with Crippen LogP contribution in [0.4, 0.5) is 10.5 Å². The van der Waals surface area contributed by atoms with E-state index < -0.39 is 23.8 Å². The van der Waals surface area contributed by atoms with Gasteiger partial charge in [-0.2, -0.15) is 0 Å². The summed E-state index contributed by atoms with van der Waals surface area (Å²) in [6.45, 7) is 0. The molecule has 122 valence electrons. The quantitative estimate of drug-likeness (QED) is 0.833. The largest absolute Gasteiger partial charge is 0.393 e. The normalized spacial score (nSPS) is 28.7. The van der Waals surface area contributed by atoms with E-state index in [1.54, 1.807) is 30.3 Å². The van der Waals surface area contributed by atoms with Crippen LogP contribution < -0.4 is 10.2 Å². The Morgan fingerprint density at radius 3 is 2.35 bits per heavy atom. The van der Waals surface area contributed by atoms with Crippen molar-refractivity contribution in [1.82, 2.24) is 5.32 Å². The van der Waals surface area contributed by atoms with Crippen molar-refractivity contribution in [1.29, 1.82) is 0 Å². The minimum Gasteiger partial charge on any atom is -0.393 e. The van der Waals surface area contributed by atoms with Crippen LogP contribution in [0.15, 0.2) is 30.3 Å². The van der Waals surface area contributed by atoms with Crippen molar-refractivity contribution in [3.05, 3.63) is 30.3 Å². The number of barbiturate groups is 1. The van der Waals surface area contributed by atoms with Gasteiger partial charge in [0.05, 0.1) is 11.8 Å². The minimum absolute atomic E-state index is 0.226. The third kappa shape index (κ3) is 3.27. The second-order valence-corrected chi connectivity index (χ2v) is 6.27. The summed E-state index contributed by atoms with van der Waals surface area (Å²) >= 11 is 0. The number of anilines is 1. The van der Waals surface area contributed by atoms with Gasteiger partial charge in [-0.3, -0.25) is 14.9 Å². The van der Waals surface area contributed by atoms with Gasteiger partial charge in [0.15, 0.2) is 0 Å². The number of hydrogen-bond donors (Lipinski definition) is 2. The predicted molar refractivity (Wildman–Crippen MR) is 83.5 cm³/mol. The standard InChI is InChI=1S/C17H20N2O4/c20-13-8-6-11(7-9-13)10-14-15(21)18-17(23)19(16(14)22)12-4-2-1-3-5-12/h1-5,11,13-14,20H,6-10H2,(H,18,21,23). The predicted octanol–water partition coefficient (Wildman–Crippen LogP) is 1.83. The first-order valence-electron chi connectivity index (χ1n) is 7.98. The SMILES string of the molecule is O=C1NC(=O)N(c2ccccc2)C(=O)C1CC1CCC(O)CC1. The van der Waals surface area contributed by atoms with Crippen molar-refractivity contribution in [2.45, 2.75) is 38.2 Å². The van der Waals surface area contributed by atoms with Crippen LogP contribution in [0.25, 0.3) is 0 Å². The lowest BCUT2D eigenvalue weighted by atomic mass is 9.80. The molecule has 2 aliphatic rings. The fourth-order valence-electron chi connectivity index (χ4n) is 3.36. The van der Waals surface area contributed by atoms with Crippen molar-refractivity contribution in [3.63, 3.8) is 0 Å². The Morgan fingerprint density at radius 1 is 1.04 bits per heavy atom. The number of nitrogens with zero attached hydrogens (tertiary/aromatic N) is 1. The summed E-state index contributed by atoms with van der Waals surface area (Å²) in [6, 6.07) is 7.92. The van der Waals surface area contributed by atoms with Crippen molar-refractivity contribution in [3.8, 4) is 0 Å². The highest BCUT2D eigenvalue weighted by molar-refractivity contribution is 6.27. The van der Waals surface area contributed by atoms with E-state index in [-0.39, 0.29) is 12.0 Å². The Bertz CT molecular complexity index is 608. The van der Waals surface area contributed by atoms with Gasteiger partial charge in [0, 0.05) is 0 Å². The first kappa shape index (κ1) is 15.7. The smallest absolute Gasteiger partial charge is 0.335 e. The zero-order valence-corrected chi connectivity index (χ0v) is 12.8. The molecule has 1 aliphatic carbocycles. The molecule has 6 heteroatoms. The number of hydrogen-bond acceptors (Lipinski definition) is 4. The molecular weight excluding hydrogens is 296 g/mol. The number of imide groups is 2. The first-order valence-corrected chi connectivity index (χ1v) is 7.98. The topological polar surface area (TPSA) is 86.7 Å². The number of aliphatic hydroxyl groups is 1. The summed E-state index contributed by atoms with van der Waals surface area (Å²) in [7, 11) is 0. The summed E-state index contributed by atoms with van der Waals surface area (Å²) in [5.74, 6) is -1.59. The van der Waals surface area contributed by atoms with Crippen LogP contribution in [-0.4, -0.2) is 29.1 Å². The average Bonchev–Trinajstić information content (AvgIpc) is 2.54. The van der Waals surface area contributed by atoms with Crippen molar-refractivity contribution in [2.24, 2.45) is 11.8 Å². The van der Waals surface area contributed by atoms with Crippen molar-refractivity contribution >= 4 is 23.5 Å². The lowest BCUT2D eigenvalue weighted by Gasteiger charge is -2.33.